The molecule has 0 radical (unpaired) electrons. The minimum Gasteiger partial charge on any atom is -0.378 e. The van der Waals surface area contributed by atoms with Gasteiger partial charge in [0.2, 0.25) is 0 Å². The van der Waals surface area contributed by atoms with E-state index in [0.29, 0.717) is 25.7 Å². The quantitative estimate of drug-likeness (QED) is 0.827. The Morgan fingerprint density at radius 2 is 1.87 bits per heavy atom. The molecule has 0 atom stereocenters. The summed E-state index contributed by atoms with van der Waals surface area (Å²) in [6.45, 7) is 7.12. The van der Waals surface area contributed by atoms with Gasteiger partial charge in [-0.1, -0.05) is 19.3 Å². The van der Waals surface area contributed by atoms with E-state index in [2.05, 4.69) is 30.5 Å². The lowest BCUT2D eigenvalue weighted by atomic mass is 9.88. The summed E-state index contributed by atoms with van der Waals surface area (Å²) in [6.07, 6.45) is 6.57. The first-order valence-electron chi connectivity index (χ1n) is 8.96. The molecule has 4 nitrogen and oxygen atoms in total. The lowest BCUT2D eigenvalue weighted by Gasteiger charge is -2.22. The van der Waals surface area contributed by atoms with Crippen molar-refractivity contribution in [2.75, 3.05) is 19.8 Å². The van der Waals surface area contributed by atoms with Gasteiger partial charge in [0.25, 0.3) is 0 Å². The first-order chi connectivity index (χ1) is 11.2. The van der Waals surface area contributed by atoms with Crippen molar-refractivity contribution in [1.29, 1.82) is 0 Å². The van der Waals surface area contributed by atoms with E-state index in [1.807, 2.05) is 0 Å². The summed E-state index contributed by atoms with van der Waals surface area (Å²) in [7, 11) is 0. The van der Waals surface area contributed by atoms with E-state index >= 15 is 0 Å². The zero-order valence-electron chi connectivity index (χ0n) is 14.5. The molecular weight excluding hydrogens is 286 g/mol. The van der Waals surface area contributed by atoms with Gasteiger partial charge in [-0.2, -0.15) is 0 Å². The second-order valence-electron chi connectivity index (χ2n) is 6.78. The molecule has 0 amide bonds. The normalized spacial score (nSPS) is 16.3. The highest BCUT2D eigenvalue weighted by atomic mass is 16.5. The van der Waals surface area contributed by atoms with Crippen molar-refractivity contribution in [2.45, 2.75) is 58.4 Å². The molecule has 1 fully saturated rings. The van der Waals surface area contributed by atoms with Crippen LogP contribution in [0.3, 0.4) is 0 Å². The molecule has 0 saturated heterocycles. The second kappa shape index (κ2) is 7.45. The summed E-state index contributed by atoms with van der Waals surface area (Å²) in [5.74, 6) is 1.87. The molecule has 0 bridgehead atoms. The van der Waals surface area contributed by atoms with E-state index in [9.17, 15) is 0 Å². The number of nitrogens with zero attached hydrogens (tertiary/aromatic N) is 2. The number of aryl methyl sites for hydroxylation is 2. The number of nitrogens with two attached hydrogens (primary N) is 1. The average Bonchev–Trinajstić information content (AvgIpc) is 2.91. The molecule has 126 valence electrons. The number of aromatic nitrogens is 2. The Hall–Kier alpha value is -1.39. The van der Waals surface area contributed by atoms with Gasteiger partial charge in [0.1, 0.15) is 5.82 Å². The van der Waals surface area contributed by atoms with Crippen LogP contribution in [0.5, 0.6) is 0 Å². The summed E-state index contributed by atoms with van der Waals surface area (Å²) in [4.78, 5) is 5.02. The van der Waals surface area contributed by atoms with E-state index in [0.717, 1.165) is 12.1 Å². The molecule has 2 N–H and O–H groups in total. The van der Waals surface area contributed by atoms with Crippen LogP contribution in [0.1, 0.15) is 55.0 Å². The number of hydrogen-bond acceptors (Lipinski definition) is 3. The summed E-state index contributed by atoms with van der Waals surface area (Å²) < 4.78 is 8.02. The van der Waals surface area contributed by atoms with Crippen LogP contribution in [0.2, 0.25) is 0 Å². The minimum absolute atomic E-state index is 0.582. The Kier molecular flexibility index (Phi) is 5.34. The first kappa shape index (κ1) is 16.5. The molecule has 4 heteroatoms. The lowest BCUT2D eigenvalue weighted by Crippen LogP contribution is -2.16. The highest BCUT2D eigenvalue weighted by Crippen LogP contribution is 2.34. The van der Waals surface area contributed by atoms with E-state index in [4.69, 9.17) is 15.5 Å². The number of hydrogen-bond donors (Lipinski definition) is 1. The zero-order valence-corrected chi connectivity index (χ0v) is 14.5. The zero-order chi connectivity index (χ0) is 16.2. The largest absolute Gasteiger partial charge is 0.378 e. The molecule has 3 rings (SSSR count). The molecule has 1 aromatic carbocycles. The molecule has 1 aromatic heterocycles. The van der Waals surface area contributed by atoms with Crippen LogP contribution in [0, 0.1) is 13.8 Å². The van der Waals surface area contributed by atoms with Gasteiger partial charge in [-0.3, -0.25) is 0 Å². The molecule has 2 aromatic rings. The van der Waals surface area contributed by atoms with E-state index in [1.165, 1.54) is 54.6 Å². The van der Waals surface area contributed by atoms with Crippen LogP contribution >= 0.6 is 0 Å². The van der Waals surface area contributed by atoms with Crippen molar-refractivity contribution >= 4 is 11.0 Å². The maximum atomic E-state index is 5.63. The predicted molar refractivity (Wildman–Crippen MR) is 94.9 cm³/mol. The summed E-state index contributed by atoms with van der Waals surface area (Å²) >= 11 is 0. The third kappa shape index (κ3) is 3.59. The monoisotopic (exact) mass is 315 g/mol. The fraction of sp³-hybridized carbons (Fsp3) is 0.632. The van der Waals surface area contributed by atoms with Crippen LogP contribution in [0.15, 0.2) is 12.1 Å². The van der Waals surface area contributed by atoms with E-state index in [1.54, 1.807) is 0 Å². The van der Waals surface area contributed by atoms with Crippen molar-refractivity contribution in [3.63, 3.8) is 0 Å². The first-order valence-corrected chi connectivity index (χ1v) is 8.96. The van der Waals surface area contributed by atoms with Gasteiger partial charge in [0.15, 0.2) is 0 Å². The maximum absolute atomic E-state index is 5.63. The standard InChI is InChI=1S/C19H29N3O/c1-14-12-17-18(13-15(14)2)22(9-11-23-10-8-20)19(21-17)16-6-4-3-5-7-16/h12-13,16H,3-11,20H2,1-2H3. The Morgan fingerprint density at radius 3 is 2.61 bits per heavy atom. The number of imidazole rings is 1. The summed E-state index contributed by atoms with van der Waals surface area (Å²) in [5.41, 5.74) is 10.6. The number of rotatable bonds is 6. The molecular formula is C19H29N3O. The highest BCUT2D eigenvalue weighted by molar-refractivity contribution is 5.78. The average molecular weight is 315 g/mol. The molecule has 23 heavy (non-hydrogen) atoms. The molecule has 1 heterocycles. The number of ether oxygens (including phenoxy) is 1. The molecule has 1 aliphatic carbocycles. The third-order valence-electron chi connectivity index (χ3n) is 5.08. The second-order valence-corrected chi connectivity index (χ2v) is 6.78. The van der Waals surface area contributed by atoms with Crippen molar-refractivity contribution in [2.24, 2.45) is 5.73 Å². The predicted octanol–water partition coefficient (Wildman–Crippen LogP) is 3.68. The molecule has 1 aliphatic rings. The topological polar surface area (TPSA) is 53.1 Å². The van der Waals surface area contributed by atoms with Gasteiger partial charge >= 0.3 is 0 Å². The van der Waals surface area contributed by atoms with Crippen molar-refractivity contribution < 1.29 is 4.74 Å². The minimum atomic E-state index is 0.582. The Balaban J connectivity index is 1.95. The van der Waals surface area contributed by atoms with E-state index < -0.39 is 0 Å². The Bertz CT molecular complexity index is 656. The van der Waals surface area contributed by atoms with Crippen molar-refractivity contribution in [3.8, 4) is 0 Å². The fourth-order valence-electron chi connectivity index (χ4n) is 3.65. The van der Waals surface area contributed by atoms with Crippen LogP contribution < -0.4 is 5.73 Å². The highest BCUT2D eigenvalue weighted by Gasteiger charge is 2.22. The number of fused-ring (bicyclic) bond motifs is 1. The SMILES string of the molecule is Cc1cc2nc(C3CCCCC3)n(CCOCCN)c2cc1C. The summed E-state index contributed by atoms with van der Waals surface area (Å²) in [5, 5.41) is 0. The lowest BCUT2D eigenvalue weighted by molar-refractivity contribution is 0.133. The van der Waals surface area contributed by atoms with E-state index in [-0.39, 0.29) is 0 Å². The van der Waals surface area contributed by atoms with Crippen LogP contribution in [0.25, 0.3) is 11.0 Å². The molecule has 1 saturated carbocycles. The van der Waals surface area contributed by atoms with Crippen LogP contribution in [0.4, 0.5) is 0 Å². The fourth-order valence-corrected chi connectivity index (χ4v) is 3.65. The van der Waals surface area contributed by atoms with Gasteiger partial charge in [0, 0.05) is 19.0 Å². The van der Waals surface area contributed by atoms with Gasteiger partial charge in [-0.15, -0.1) is 0 Å². The van der Waals surface area contributed by atoms with Crippen LogP contribution in [-0.2, 0) is 11.3 Å². The smallest absolute Gasteiger partial charge is 0.113 e. The molecule has 0 unspecified atom stereocenters. The Morgan fingerprint density at radius 1 is 1.13 bits per heavy atom. The Labute approximate surface area is 139 Å². The van der Waals surface area contributed by atoms with Crippen LogP contribution in [-0.4, -0.2) is 29.3 Å². The van der Waals surface area contributed by atoms with Gasteiger partial charge in [0.05, 0.1) is 24.2 Å². The van der Waals surface area contributed by atoms with Gasteiger partial charge in [-0.05, 0) is 49.9 Å². The third-order valence-corrected chi connectivity index (χ3v) is 5.08. The molecule has 0 spiro atoms. The van der Waals surface area contributed by atoms with Gasteiger partial charge in [-0.25, -0.2) is 4.98 Å². The summed E-state index contributed by atoms with van der Waals surface area (Å²) in [6, 6.07) is 4.52. The number of benzene rings is 1. The maximum Gasteiger partial charge on any atom is 0.113 e. The van der Waals surface area contributed by atoms with Gasteiger partial charge < -0.3 is 15.0 Å². The van der Waals surface area contributed by atoms with Crippen molar-refractivity contribution in [1.82, 2.24) is 9.55 Å². The molecule has 0 aliphatic heterocycles. The van der Waals surface area contributed by atoms with Crippen molar-refractivity contribution in [3.05, 3.63) is 29.1 Å².